The van der Waals surface area contributed by atoms with Gasteiger partial charge in [0.05, 0.1) is 13.2 Å². The van der Waals surface area contributed by atoms with E-state index < -0.39 is 0 Å². The molecule has 1 aliphatic heterocycles. The minimum absolute atomic E-state index is 0.257. The van der Waals surface area contributed by atoms with Gasteiger partial charge in [0.1, 0.15) is 11.4 Å². The Bertz CT molecular complexity index is 846. The molecule has 0 bridgehead atoms. The zero-order chi connectivity index (χ0) is 18.5. The maximum absolute atomic E-state index is 5.80. The Morgan fingerprint density at radius 1 is 1.15 bits per heavy atom. The van der Waals surface area contributed by atoms with Gasteiger partial charge in [-0.3, -0.25) is 9.88 Å². The molecule has 1 saturated heterocycles. The Balaban J connectivity index is 1.56. The average Bonchev–Trinajstić information content (AvgIpc) is 3.10. The van der Waals surface area contributed by atoms with Gasteiger partial charge in [-0.1, -0.05) is 24.1 Å². The zero-order valence-electron chi connectivity index (χ0n) is 15.7. The second-order valence-electron chi connectivity index (χ2n) is 7.04. The van der Waals surface area contributed by atoms with Gasteiger partial charge in [-0.2, -0.15) is 0 Å². The maximum atomic E-state index is 5.80. The molecule has 4 rings (SSSR count). The minimum atomic E-state index is 0.257. The van der Waals surface area contributed by atoms with Crippen molar-refractivity contribution in [2.24, 2.45) is 0 Å². The van der Waals surface area contributed by atoms with E-state index in [-0.39, 0.29) is 6.04 Å². The predicted molar refractivity (Wildman–Crippen MR) is 104 cm³/mol. The van der Waals surface area contributed by atoms with Crippen LogP contribution in [0.5, 0.6) is 5.75 Å². The normalized spacial score (nSPS) is 18.2. The van der Waals surface area contributed by atoms with E-state index in [9.17, 15) is 0 Å². The molecule has 0 unspecified atom stereocenters. The van der Waals surface area contributed by atoms with E-state index in [0.29, 0.717) is 0 Å². The van der Waals surface area contributed by atoms with Crippen molar-refractivity contribution in [2.75, 3.05) is 13.7 Å². The van der Waals surface area contributed by atoms with E-state index in [1.54, 1.807) is 7.11 Å². The van der Waals surface area contributed by atoms with Gasteiger partial charge in [0, 0.05) is 30.6 Å². The SMILES string of the molecule is COc1ccc(-c2cc([C@@H]3CCCCCN3Cc3cccnc3)on2)cc1. The summed E-state index contributed by atoms with van der Waals surface area (Å²) in [5.74, 6) is 1.79. The molecular weight excluding hydrogens is 338 g/mol. The van der Waals surface area contributed by atoms with E-state index in [0.717, 1.165) is 42.3 Å². The lowest BCUT2D eigenvalue weighted by molar-refractivity contribution is 0.160. The van der Waals surface area contributed by atoms with Crippen LogP contribution in [0.15, 0.2) is 59.4 Å². The third-order valence-electron chi connectivity index (χ3n) is 5.21. The highest BCUT2D eigenvalue weighted by Crippen LogP contribution is 2.33. The highest BCUT2D eigenvalue weighted by atomic mass is 16.5. The van der Waals surface area contributed by atoms with Crippen LogP contribution < -0.4 is 4.74 Å². The first-order chi connectivity index (χ1) is 13.3. The lowest BCUT2D eigenvalue weighted by atomic mass is 10.0. The van der Waals surface area contributed by atoms with Gasteiger partial charge in [-0.05, 0) is 55.3 Å². The fourth-order valence-corrected chi connectivity index (χ4v) is 3.75. The number of hydrogen-bond acceptors (Lipinski definition) is 5. The number of methoxy groups -OCH3 is 1. The van der Waals surface area contributed by atoms with Crippen LogP contribution in [0, 0.1) is 0 Å². The lowest BCUT2D eigenvalue weighted by Gasteiger charge is -2.27. The number of hydrogen-bond donors (Lipinski definition) is 0. The van der Waals surface area contributed by atoms with E-state index >= 15 is 0 Å². The monoisotopic (exact) mass is 363 g/mol. The summed E-state index contributed by atoms with van der Waals surface area (Å²) in [5, 5.41) is 4.33. The third-order valence-corrected chi connectivity index (χ3v) is 5.21. The number of benzene rings is 1. The molecule has 27 heavy (non-hydrogen) atoms. The predicted octanol–water partition coefficient (Wildman–Crippen LogP) is 4.86. The molecule has 0 amide bonds. The highest BCUT2D eigenvalue weighted by Gasteiger charge is 2.26. The number of pyridine rings is 1. The van der Waals surface area contributed by atoms with Crippen molar-refractivity contribution in [2.45, 2.75) is 38.3 Å². The standard InChI is InChI=1S/C22H25N3O2/c1-26-19-10-8-18(9-11-19)20-14-22(27-24-20)21-7-3-2-4-13-25(21)16-17-6-5-12-23-15-17/h5-6,8-12,14-15,21H,2-4,7,13,16H2,1H3/t21-/m0/s1. The van der Waals surface area contributed by atoms with Crippen LogP contribution in [-0.2, 0) is 6.54 Å². The molecule has 140 valence electrons. The van der Waals surface area contributed by atoms with Crippen molar-refractivity contribution in [1.29, 1.82) is 0 Å². The Kier molecular flexibility index (Phi) is 5.49. The molecule has 3 aromatic rings. The van der Waals surface area contributed by atoms with Gasteiger partial charge in [-0.25, -0.2) is 0 Å². The van der Waals surface area contributed by atoms with Gasteiger partial charge in [0.25, 0.3) is 0 Å². The first-order valence-electron chi connectivity index (χ1n) is 9.57. The highest BCUT2D eigenvalue weighted by molar-refractivity contribution is 5.60. The molecule has 0 spiro atoms. The molecule has 0 N–H and O–H groups in total. The van der Waals surface area contributed by atoms with E-state index in [2.05, 4.69) is 27.2 Å². The van der Waals surface area contributed by atoms with Gasteiger partial charge in [-0.15, -0.1) is 0 Å². The molecular formula is C22H25N3O2. The molecule has 5 nitrogen and oxygen atoms in total. The van der Waals surface area contributed by atoms with Crippen molar-refractivity contribution >= 4 is 0 Å². The second-order valence-corrected chi connectivity index (χ2v) is 7.04. The molecule has 0 aliphatic carbocycles. The van der Waals surface area contributed by atoms with Crippen LogP contribution in [0.3, 0.4) is 0 Å². The van der Waals surface area contributed by atoms with Crippen molar-refractivity contribution in [3.8, 4) is 17.0 Å². The van der Waals surface area contributed by atoms with Gasteiger partial charge >= 0.3 is 0 Å². The van der Waals surface area contributed by atoms with Crippen molar-refractivity contribution in [3.05, 3.63) is 66.2 Å². The van der Waals surface area contributed by atoms with Crippen LogP contribution in [0.2, 0.25) is 0 Å². The molecule has 5 heteroatoms. The van der Waals surface area contributed by atoms with Crippen molar-refractivity contribution in [3.63, 3.8) is 0 Å². The Morgan fingerprint density at radius 3 is 2.81 bits per heavy atom. The Hall–Kier alpha value is -2.66. The summed E-state index contributed by atoms with van der Waals surface area (Å²) >= 11 is 0. The summed E-state index contributed by atoms with van der Waals surface area (Å²) in [6, 6.07) is 14.4. The molecule has 1 aromatic carbocycles. The van der Waals surface area contributed by atoms with Crippen LogP contribution in [0.4, 0.5) is 0 Å². The summed E-state index contributed by atoms with van der Waals surface area (Å²) in [4.78, 5) is 6.76. The van der Waals surface area contributed by atoms with E-state index in [1.807, 2.05) is 42.7 Å². The first kappa shape index (κ1) is 17.7. The summed E-state index contributed by atoms with van der Waals surface area (Å²) < 4.78 is 11.0. The fraction of sp³-hybridized carbons (Fsp3) is 0.364. The first-order valence-corrected chi connectivity index (χ1v) is 9.57. The van der Waals surface area contributed by atoms with Crippen LogP contribution >= 0.6 is 0 Å². The largest absolute Gasteiger partial charge is 0.497 e. The summed E-state index contributed by atoms with van der Waals surface area (Å²) in [5.41, 5.74) is 3.15. The third kappa shape index (κ3) is 4.19. The molecule has 3 heterocycles. The molecule has 0 radical (unpaired) electrons. The molecule has 0 saturated carbocycles. The van der Waals surface area contributed by atoms with Crippen LogP contribution in [0.1, 0.15) is 43.0 Å². The van der Waals surface area contributed by atoms with Crippen LogP contribution in [0.25, 0.3) is 11.3 Å². The quantitative estimate of drug-likeness (QED) is 0.648. The van der Waals surface area contributed by atoms with Crippen molar-refractivity contribution in [1.82, 2.24) is 15.0 Å². The summed E-state index contributed by atoms with van der Waals surface area (Å²) in [6.45, 7) is 1.95. The molecule has 1 aliphatic rings. The molecule has 1 fully saturated rings. The average molecular weight is 363 g/mol. The number of ether oxygens (including phenoxy) is 1. The van der Waals surface area contributed by atoms with E-state index in [1.165, 1.54) is 24.8 Å². The van der Waals surface area contributed by atoms with E-state index in [4.69, 9.17) is 9.26 Å². The molecule has 2 aromatic heterocycles. The molecule has 1 atom stereocenters. The van der Waals surface area contributed by atoms with Gasteiger partial charge in [0.15, 0.2) is 5.76 Å². The van der Waals surface area contributed by atoms with Crippen molar-refractivity contribution < 1.29 is 9.26 Å². The topological polar surface area (TPSA) is 51.4 Å². The second kappa shape index (κ2) is 8.35. The number of nitrogens with zero attached hydrogens (tertiary/aromatic N) is 3. The van der Waals surface area contributed by atoms with Gasteiger partial charge < -0.3 is 9.26 Å². The Labute approximate surface area is 160 Å². The lowest BCUT2D eigenvalue weighted by Crippen LogP contribution is -2.28. The van der Waals surface area contributed by atoms with Crippen LogP contribution in [-0.4, -0.2) is 28.7 Å². The maximum Gasteiger partial charge on any atom is 0.154 e. The summed E-state index contributed by atoms with van der Waals surface area (Å²) in [7, 11) is 1.67. The summed E-state index contributed by atoms with van der Waals surface area (Å²) in [6.07, 6.45) is 8.56. The number of likely N-dealkylation sites (tertiary alicyclic amines) is 1. The number of rotatable bonds is 5. The van der Waals surface area contributed by atoms with Gasteiger partial charge in [0.2, 0.25) is 0 Å². The fourth-order valence-electron chi connectivity index (χ4n) is 3.75. The smallest absolute Gasteiger partial charge is 0.154 e. The number of aromatic nitrogens is 2. The zero-order valence-corrected chi connectivity index (χ0v) is 15.7. The minimum Gasteiger partial charge on any atom is -0.497 e. The Morgan fingerprint density at radius 2 is 2.04 bits per heavy atom.